The number of ether oxygens (including phenoxy) is 2. The summed E-state index contributed by atoms with van der Waals surface area (Å²) in [7, 11) is 1.65. The summed E-state index contributed by atoms with van der Waals surface area (Å²) >= 11 is 1.38. The highest BCUT2D eigenvalue weighted by atomic mass is 32.2. The fourth-order valence-electron chi connectivity index (χ4n) is 0.935. The topological polar surface area (TPSA) is 57.4 Å². The fraction of sp³-hybridized carbons (Fsp3) is 0.643. The minimum absolute atomic E-state index is 0.236. The number of nitrogens with zero attached hydrogens (tertiary/aromatic N) is 1. The van der Waals surface area contributed by atoms with Crippen LogP contribution in [0.2, 0.25) is 0 Å². The largest absolute Gasteiger partial charge is 0.475 e. The zero-order valence-corrected chi connectivity index (χ0v) is 13.4. The van der Waals surface area contributed by atoms with Crippen molar-refractivity contribution in [2.24, 2.45) is 5.14 Å². The van der Waals surface area contributed by atoms with Crippen molar-refractivity contribution in [3.05, 3.63) is 23.9 Å². The van der Waals surface area contributed by atoms with E-state index in [1.54, 1.807) is 7.11 Å². The Bertz CT molecular complexity index is 323. The molecular weight excluding hydrogens is 260 g/mol. The van der Waals surface area contributed by atoms with Crippen LogP contribution in [0.1, 0.15) is 33.3 Å². The molecule has 0 atom stereocenters. The normalized spacial score (nSPS) is 10.6. The summed E-state index contributed by atoms with van der Waals surface area (Å²) < 4.78 is 10.4. The van der Waals surface area contributed by atoms with Gasteiger partial charge >= 0.3 is 0 Å². The number of hydrogen-bond acceptors (Lipinski definition) is 5. The van der Waals surface area contributed by atoms with Crippen LogP contribution < -0.4 is 9.88 Å². The minimum atomic E-state index is 0.236. The predicted octanol–water partition coefficient (Wildman–Crippen LogP) is 3.06. The van der Waals surface area contributed by atoms with Crippen molar-refractivity contribution >= 4 is 11.9 Å². The third kappa shape index (κ3) is 10.8. The van der Waals surface area contributed by atoms with Gasteiger partial charge in [-0.05, 0) is 32.8 Å². The van der Waals surface area contributed by atoms with Gasteiger partial charge in [-0.15, -0.1) is 0 Å². The molecule has 0 unspecified atom stereocenters. The maximum atomic E-state index is 5.31. The maximum absolute atomic E-state index is 5.31. The van der Waals surface area contributed by atoms with E-state index in [1.165, 1.54) is 17.5 Å². The van der Waals surface area contributed by atoms with E-state index in [1.807, 2.05) is 18.3 Å². The molecule has 0 spiro atoms. The van der Waals surface area contributed by atoms with Gasteiger partial charge in [0.25, 0.3) is 0 Å². The lowest BCUT2D eigenvalue weighted by molar-refractivity contribution is 0.143. The summed E-state index contributed by atoms with van der Waals surface area (Å²) in [4.78, 5) is 4.14. The molecule has 0 bridgehead atoms. The smallest absolute Gasteiger partial charge is 0.213 e. The second kappa shape index (κ2) is 10.1. The van der Waals surface area contributed by atoms with Crippen LogP contribution in [0, 0.1) is 0 Å². The zero-order chi connectivity index (χ0) is 14.7. The van der Waals surface area contributed by atoms with Crippen molar-refractivity contribution in [3.8, 4) is 5.88 Å². The molecule has 0 aliphatic heterocycles. The molecule has 0 aliphatic carbocycles. The molecule has 1 aromatic heterocycles. The summed E-state index contributed by atoms with van der Waals surface area (Å²) in [5, 5.41) is 5.22. The van der Waals surface area contributed by atoms with Crippen LogP contribution >= 0.6 is 11.9 Å². The Morgan fingerprint density at radius 1 is 1.26 bits per heavy atom. The van der Waals surface area contributed by atoms with E-state index in [2.05, 4.69) is 32.7 Å². The van der Waals surface area contributed by atoms with Crippen LogP contribution in [0.5, 0.6) is 5.88 Å². The van der Waals surface area contributed by atoms with Crippen LogP contribution in [0.25, 0.3) is 0 Å². The second-order valence-electron chi connectivity index (χ2n) is 4.93. The second-order valence-corrected chi connectivity index (χ2v) is 6.39. The predicted molar refractivity (Wildman–Crippen MR) is 82.5 cm³/mol. The van der Waals surface area contributed by atoms with E-state index < -0.39 is 0 Å². The molecule has 4 nitrogen and oxygen atoms in total. The summed E-state index contributed by atoms with van der Waals surface area (Å²) in [6, 6.07) is 3.91. The average molecular weight is 286 g/mol. The van der Waals surface area contributed by atoms with Crippen molar-refractivity contribution < 1.29 is 9.47 Å². The van der Waals surface area contributed by atoms with Gasteiger partial charge in [0.15, 0.2) is 0 Å². The van der Waals surface area contributed by atoms with E-state index in [4.69, 9.17) is 14.6 Å². The number of rotatable bonds is 5. The molecule has 0 saturated carbocycles. The summed E-state index contributed by atoms with van der Waals surface area (Å²) in [6.07, 6.45) is 2.84. The lowest BCUT2D eigenvalue weighted by atomic mass is 10.2. The Balaban J connectivity index is 0.000000459. The highest BCUT2D eigenvalue weighted by Gasteiger charge is 2.05. The fourth-order valence-corrected chi connectivity index (χ4v) is 0.935. The monoisotopic (exact) mass is 286 g/mol. The lowest BCUT2D eigenvalue weighted by Crippen LogP contribution is -2.09. The third-order valence-corrected chi connectivity index (χ3v) is 2.80. The van der Waals surface area contributed by atoms with E-state index in [-0.39, 0.29) is 4.75 Å². The van der Waals surface area contributed by atoms with E-state index in [0.717, 1.165) is 6.42 Å². The average Bonchev–Trinajstić information content (AvgIpc) is 2.40. The molecule has 0 saturated heterocycles. The van der Waals surface area contributed by atoms with Gasteiger partial charge in [0.2, 0.25) is 5.88 Å². The Morgan fingerprint density at radius 3 is 2.26 bits per heavy atom. The van der Waals surface area contributed by atoms with Crippen molar-refractivity contribution in [1.29, 1.82) is 0 Å². The van der Waals surface area contributed by atoms with E-state index in [0.29, 0.717) is 19.1 Å². The molecular formula is C14H26N2O2S. The minimum Gasteiger partial charge on any atom is -0.475 e. The standard InChI is InChI=1S/C10H15NO2.C4H11NS/c1-3-9-4-5-10(11-8-9)13-7-6-12-2;1-4(2,3)6-5/h4-5,8H,3,6-7H2,1-2H3;5H2,1-3H3. The van der Waals surface area contributed by atoms with Gasteiger partial charge in [0, 0.05) is 24.1 Å². The van der Waals surface area contributed by atoms with Gasteiger partial charge in [0.1, 0.15) is 6.61 Å². The Kier molecular flexibility index (Phi) is 9.65. The Labute approximate surface area is 121 Å². The van der Waals surface area contributed by atoms with Crippen molar-refractivity contribution in [2.75, 3.05) is 20.3 Å². The summed E-state index contributed by atoms with van der Waals surface area (Å²) in [5.74, 6) is 0.661. The van der Waals surface area contributed by atoms with Crippen LogP contribution in [0.4, 0.5) is 0 Å². The molecule has 5 heteroatoms. The number of aromatic nitrogens is 1. The molecule has 1 aromatic rings. The molecule has 1 rings (SSSR count). The van der Waals surface area contributed by atoms with Crippen LogP contribution in [0.15, 0.2) is 18.3 Å². The van der Waals surface area contributed by atoms with Gasteiger partial charge in [-0.2, -0.15) is 0 Å². The highest BCUT2D eigenvalue weighted by molar-refractivity contribution is 7.98. The molecule has 0 aliphatic rings. The molecule has 19 heavy (non-hydrogen) atoms. The van der Waals surface area contributed by atoms with Crippen LogP contribution in [-0.4, -0.2) is 30.1 Å². The van der Waals surface area contributed by atoms with Gasteiger partial charge in [0.05, 0.1) is 6.61 Å². The quantitative estimate of drug-likeness (QED) is 0.666. The van der Waals surface area contributed by atoms with Crippen LogP contribution in [0.3, 0.4) is 0 Å². The first-order chi connectivity index (χ1) is 8.92. The molecule has 0 amide bonds. The zero-order valence-electron chi connectivity index (χ0n) is 12.6. The SMILES string of the molecule is CC(C)(C)SN.CCc1ccc(OCCOC)nc1. The van der Waals surface area contributed by atoms with E-state index >= 15 is 0 Å². The van der Waals surface area contributed by atoms with Crippen molar-refractivity contribution in [2.45, 2.75) is 38.9 Å². The summed E-state index contributed by atoms with van der Waals surface area (Å²) in [5.41, 5.74) is 1.22. The van der Waals surface area contributed by atoms with E-state index in [9.17, 15) is 0 Å². The van der Waals surface area contributed by atoms with Gasteiger partial charge in [-0.1, -0.05) is 24.9 Å². The lowest BCUT2D eigenvalue weighted by Gasteiger charge is -2.11. The van der Waals surface area contributed by atoms with Crippen LogP contribution in [-0.2, 0) is 11.2 Å². The van der Waals surface area contributed by atoms with Crippen molar-refractivity contribution in [1.82, 2.24) is 4.98 Å². The third-order valence-electron chi connectivity index (χ3n) is 2.10. The number of hydrogen-bond donors (Lipinski definition) is 1. The first kappa shape index (κ1) is 18.2. The molecule has 110 valence electrons. The number of aryl methyl sites for hydroxylation is 1. The molecule has 2 N–H and O–H groups in total. The number of pyridine rings is 1. The first-order valence-electron chi connectivity index (χ1n) is 6.37. The van der Waals surface area contributed by atoms with Gasteiger partial charge in [-0.25, -0.2) is 4.98 Å². The number of nitrogens with two attached hydrogens (primary N) is 1. The first-order valence-corrected chi connectivity index (χ1v) is 7.25. The molecule has 0 aromatic carbocycles. The molecule has 0 radical (unpaired) electrons. The Hall–Kier alpha value is -0.780. The molecule has 0 fully saturated rings. The maximum Gasteiger partial charge on any atom is 0.213 e. The summed E-state index contributed by atoms with van der Waals surface area (Å²) in [6.45, 7) is 9.49. The highest BCUT2D eigenvalue weighted by Crippen LogP contribution is 2.15. The Morgan fingerprint density at radius 2 is 1.89 bits per heavy atom. The van der Waals surface area contributed by atoms with Gasteiger partial charge < -0.3 is 9.47 Å². The van der Waals surface area contributed by atoms with Crippen molar-refractivity contribution in [3.63, 3.8) is 0 Å². The molecule has 1 heterocycles. The number of methoxy groups -OCH3 is 1. The van der Waals surface area contributed by atoms with Gasteiger partial charge in [-0.3, -0.25) is 5.14 Å².